The highest BCUT2D eigenvalue weighted by atomic mass is 32.2. The number of carbonyl (C=O) groups excluding carboxylic acids is 1. The Balaban J connectivity index is 2.43. The summed E-state index contributed by atoms with van der Waals surface area (Å²) >= 11 is 0. The number of hydrogen-bond acceptors (Lipinski definition) is 3. The van der Waals surface area contributed by atoms with E-state index in [4.69, 9.17) is 0 Å². The van der Waals surface area contributed by atoms with Crippen LogP contribution in [0.5, 0.6) is 0 Å². The topological polar surface area (TPSA) is 69.7 Å². The molecule has 0 saturated carbocycles. The molecule has 1 amide bonds. The third-order valence-electron chi connectivity index (χ3n) is 3.11. The SMILES string of the molecule is CCCC(=O)N1CCC(NS(=O)(=O)N(C)C)CC1. The molecule has 0 bridgehead atoms. The van der Waals surface area contributed by atoms with Crippen molar-refractivity contribution in [1.82, 2.24) is 13.9 Å². The molecule has 0 atom stereocenters. The van der Waals surface area contributed by atoms with Crippen LogP contribution >= 0.6 is 0 Å². The van der Waals surface area contributed by atoms with Gasteiger partial charge in [-0.1, -0.05) is 6.92 Å². The molecule has 1 N–H and O–H groups in total. The maximum Gasteiger partial charge on any atom is 0.279 e. The molecule has 1 heterocycles. The second kappa shape index (κ2) is 6.49. The zero-order valence-electron chi connectivity index (χ0n) is 11.3. The highest BCUT2D eigenvalue weighted by Crippen LogP contribution is 2.13. The van der Waals surface area contributed by atoms with Gasteiger partial charge in [0.05, 0.1) is 0 Å². The Kier molecular flexibility index (Phi) is 5.55. The van der Waals surface area contributed by atoms with Gasteiger partial charge in [0.1, 0.15) is 0 Å². The number of carbonyl (C=O) groups is 1. The van der Waals surface area contributed by atoms with E-state index in [1.165, 1.54) is 18.4 Å². The van der Waals surface area contributed by atoms with Crippen LogP contribution in [0.3, 0.4) is 0 Å². The molecule has 0 radical (unpaired) electrons. The summed E-state index contributed by atoms with van der Waals surface area (Å²) in [4.78, 5) is 13.5. The third-order valence-corrected chi connectivity index (χ3v) is 4.70. The zero-order valence-corrected chi connectivity index (χ0v) is 12.2. The lowest BCUT2D eigenvalue weighted by molar-refractivity contribution is -0.132. The van der Waals surface area contributed by atoms with Crippen molar-refractivity contribution in [3.8, 4) is 0 Å². The lowest BCUT2D eigenvalue weighted by Crippen LogP contribution is -2.49. The number of hydrogen-bond donors (Lipinski definition) is 1. The Hall–Kier alpha value is -0.660. The first-order valence-corrected chi connectivity index (χ1v) is 7.78. The van der Waals surface area contributed by atoms with Gasteiger partial charge in [-0.05, 0) is 19.3 Å². The Labute approximate surface area is 110 Å². The molecule has 0 unspecified atom stereocenters. The number of amides is 1. The van der Waals surface area contributed by atoms with Crippen LogP contribution in [-0.2, 0) is 15.0 Å². The number of likely N-dealkylation sites (tertiary alicyclic amines) is 1. The van der Waals surface area contributed by atoms with Crippen LogP contribution in [0, 0.1) is 0 Å². The number of rotatable bonds is 5. The van der Waals surface area contributed by atoms with Crippen molar-refractivity contribution in [3.63, 3.8) is 0 Å². The lowest BCUT2D eigenvalue weighted by atomic mass is 10.1. The van der Waals surface area contributed by atoms with Gasteiger partial charge in [0.2, 0.25) is 5.91 Å². The Morgan fingerprint density at radius 2 is 1.89 bits per heavy atom. The fourth-order valence-electron chi connectivity index (χ4n) is 1.93. The third kappa shape index (κ3) is 4.22. The highest BCUT2D eigenvalue weighted by Gasteiger charge is 2.26. The molecule has 0 aromatic carbocycles. The van der Waals surface area contributed by atoms with Gasteiger partial charge in [-0.15, -0.1) is 0 Å². The van der Waals surface area contributed by atoms with Crippen LogP contribution in [-0.4, -0.2) is 56.8 Å². The quantitative estimate of drug-likeness (QED) is 0.779. The van der Waals surface area contributed by atoms with Crippen molar-refractivity contribution in [1.29, 1.82) is 0 Å². The number of piperidine rings is 1. The lowest BCUT2D eigenvalue weighted by Gasteiger charge is -2.32. The largest absolute Gasteiger partial charge is 0.343 e. The molecule has 0 aromatic heterocycles. The van der Waals surface area contributed by atoms with Crippen LogP contribution < -0.4 is 4.72 Å². The van der Waals surface area contributed by atoms with E-state index in [9.17, 15) is 13.2 Å². The van der Waals surface area contributed by atoms with Crippen molar-refractivity contribution in [2.45, 2.75) is 38.6 Å². The monoisotopic (exact) mass is 277 g/mol. The summed E-state index contributed by atoms with van der Waals surface area (Å²) < 4.78 is 27.1. The van der Waals surface area contributed by atoms with Gasteiger partial charge in [-0.25, -0.2) is 0 Å². The standard InChI is InChI=1S/C11H23N3O3S/c1-4-5-11(15)14-8-6-10(7-9-14)12-18(16,17)13(2)3/h10,12H,4-9H2,1-3H3. The van der Waals surface area contributed by atoms with Gasteiger partial charge in [-0.3, -0.25) is 4.79 Å². The second-order valence-electron chi connectivity index (χ2n) is 4.81. The Morgan fingerprint density at radius 3 is 2.33 bits per heavy atom. The summed E-state index contributed by atoms with van der Waals surface area (Å²) in [6.45, 7) is 3.26. The summed E-state index contributed by atoms with van der Waals surface area (Å²) in [7, 11) is -0.361. The van der Waals surface area contributed by atoms with Gasteiger partial charge in [0.15, 0.2) is 0 Å². The molecule has 0 aromatic rings. The van der Waals surface area contributed by atoms with Gasteiger partial charge in [0.25, 0.3) is 10.2 Å². The van der Waals surface area contributed by atoms with E-state index in [0.29, 0.717) is 32.4 Å². The highest BCUT2D eigenvalue weighted by molar-refractivity contribution is 7.87. The summed E-state index contributed by atoms with van der Waals surface area (Å²) in [5, 5.41) is 0. The molecule has 7 heteroatoms. The van der Waals surface area contributed by atoms with E-state index < -0.39 is 10.2 Å². The molecule has 0 spiro atoms. The first kappa shape index (κ1) is 15.4. The molecule has 18 heavy (non-hydrogen) atoms. The second-order valence-corrected chi connectivity index (χ2v) is 6.73. The maximum atomic E-state index is 11.7. The molecule has 1 aliphatic heterocycles. The average Bonchev–Trinajstić information content (AvgIpc) is 2.29. The normalized spacial score (nSPS) is 18.3. The minimum absolute atomic E-state index is 0.0666. The molecule has 1 fully saturated rings. The van der Waals surface area contributed by atoms with Crippen LogP contribution in [0.1, 0.15) is 32.6 Å². The summed E-state index contributed by atoms with van der Waals surface area (Å²) in [6.07, 6.45) is 2.80. The van der Waals surface area contributed by atoms with Gasteiger partial charge < -0.3 is 4.90 Å². The van der Waals surface area contributed by atoms with E-state index in [0.717, 1.165) is 6.42 Å². The first-order valence-electron chi connectivity index (χ1n) is 6.34. The van der Waals surface area contributed by atoms with Gasteiger partial charge in [-0.2, -0.15) is 17.4 Å². The fraction of sp³-hybridized carbons (Fsp3) is 0.909. The molecular formula is C11H23N3O3S. The average molecular weight is 277 g/mol. The van der Waals surface area contributed by atoms with E-state index in [1.54, 1.807) is 0 Å². The minimum atomic E-state index is -3.37. The molecule has 0 aliphatic carbocycles. The molecule has 1 rings (SSSR count). The van der Waals surface area contributed by atoms with E-state index >= 15 is 0 Å². The summed E-state index contributed by atoms with van der Waals surface area (Å²) in [5.41, 5.74) is 0. The minimum Gasteiger partial charge on any atom is -0.343 e. The Bertz CT molecular complexity index is 373. The predicted molar refractivity (Wildman–Crippen MR) is 70.3 cm³/mol. The van der Waals surface area contributed by atoms with E-state index in [1.807, 2.05) is 11.8 Å². The molecule has 1 saturated heterocycles. The van der Waals surface area contributed by atoms with E-state index in [-0.39, 0.29) is 11.9 Å². The van der Waals surface area contributed by atoms with Crippen molar-refractivity contribution in [2.75, 3.05) is 27.2 Å². The Morgan fingerprint density at radius 1 is 1.33 bits per heavy atom. The number of nitrogens with zero attached hydrogens (tertiary/aromatic N) is 2. The van der Waals surface area contributed by atoms with Crippen molar-refractivity contribution in [3.05, 3.63) is 0 Å². The van der Waals surface area contributed by atoms with Crippen molar-refractivity contribution in [2.24, 2.45) is 0 Å². The number of nitrogens with one attached hydrogen (secondary N) is 1. The zero-order chi connectivity index (χ0) is 13.8. The van der Waals surface area contributed by atoms with Crippen molar-refractivity contribution >= 4 is 16.1 Å². The molecule has 6 nitrogen and oxygen atoms in total. The van der Waals surface area contributed by atoms with Crippen LogP contribution in [0.4, 0.5) is 0 Å². The molecule has 1 aliphatic rings. The predicted octanol–water partition coefficient (Wildman–Crippen LogP) is 0.174. The first-order chi connectivity index (χ1) is 8.36. The van der Waals surface area contributed by atoms with E-state index in [2.05, 4.69) is 4.72 Å². The molecular weight excluding hydrogens is 254 g/mol. The van der Waals surface area contributed by atoms with Crippen LogP contribution in [0.2, 0.25) is 0 Å². The maximum absolute atomic E-state index is 11.7. The smallest absolute Gasteiger partial charge is 0.279 e. The van der Waals surface area contributed by atoms with Crippen LogP contribution in [0.15, 0.2) is 0 Å². The summed E-state index contributed by atoms with van der Waals surface area (Å²) in [6, 6.07) is -0.0666. The van der Waals surface area contributed by atoms with Gasteiger partial charge >= 0.3 is 0 Å². The van der Waals surface area contributed by atoms with Crippen molar-refractivity contribution < 1.29 is 13.2 Å². The van der Waals surface area contributed by atoms with Gasteiger partial charge in [0, 0.05) is 39.6 Å². The van der Waals surface area contributed by atoms with Crippen LogP contribution in [0.25, 0.3) is 0 Å². The fourth-order valence-corrected chi connectivity index (χ4v) is 2.80. The molecule has 106 valence electrons. The summed E-state index contributed by atoms with van der Waals surface area (Å²) in [5.74, 6) is 0.173.